The predicted octanol–water partition coefficient (Wildman–Crippen LogP) is 1.56. The molecule has 0 radical (unpaired) electrons. The third-order valence-electron chi connectivity index (χ3n) is 2.16. The van der Waals surface area contributed by atoms with Crippen LogP contribution in [0.3, 0.4) is 0 Å². The van der Waals surface area contributed by atoms with Gasteiger partial charge in [0, 0.05) is 0 Å². The number of ether oxygens (including phenoxy) is 1. The first-order valence-corrected chi connectivity index (χ1v) is 4.52. The number of hydrogen-bond acceptors (Lipinski definition) is 3. The van der Waals surface area contributed by atoms with Crippen molar-refractivity contribution in [1.29, 1.82) is 0 Å². The molecule has 0 aliphatic heterocycles. The zero-order valence-electron chi connectivity index (χ0n) is 9.32. The molecule has 0 saturated carbocycles. The normalized spacial score (nSPS) is 16.7. The highest BCUT2D eigenvalue weighted by atomic mass is 19.4. The van der Waals surface area contributed by atoms with E-state index in [4.69, 9.17) is 5.11 Å². The second kappa shape index (κ2) is 5.31. The largest absolute Gasteiger partial charge is 0.480 e. The van der Waals surface area contributed by atoms with E-state index < -0.39 is 36.6 Å². The molecule has 0 fully saturated rings. The number of carboxylic acid groups (broad SMARTS) is 1. The van der Waals surface area contributed by atoms with Gasteiger partial charge in [0.15, 0.2) is 0 Å². The number of carbonyl (C=O) groups is 1. The summed E-state index contributed by atoms with van der Waals surface area (Å²) in [5.41, 5.74) is -2.05. The fourth-order valence-corrected chi connectivity index (χ4v) is 0.865. The minimum absolute atomic E-state index is 0.902. The molecule has 0 aromatic heterocycles. The highest BCUT2D eigenvalue weighted by molar-refractivity contribution is 5.78. The molecule has 1 atom stereocenters. The van der Waals surface area contributed by atoms with Gasteiger partial charge < -0.3 is 15.2 Å². The number of rotatable bonds is 5. The molecular weight excluding hydrogens is 272 g/mol. The molecule has 0 bridgehead atoms. The molecule has 0 spiro atoms. The van der Waals surface area contributed by atoms with Crippen LogP contribution in [0.1, 0.15) is 6.92 Å². The first-order chi connectivity index (χ1) is 7.84. The highest BCUT2D eigenvalue weighted by Crippen LogP contribution is 2.36. The van der Waals surface area contributed by atoms with E-state index in [-0.39, 0.29) is 0 Å². The summed E-state index contributed by atoms with van der Waals surface area (Å²) >= 11 is 0. The molecule has 0 aromatic rings. The summed E-state index contributed by atoms with van der Waals surface area (Å²) in [4.78, 5) is 10.7. The Morgan fingerprint density at radius 2 is 1.61 bits per heavy atom. The van der Waals surface area contributed by atoms with Crippen molar-refractivity contribution in [2.24, 2.45) is 0 Å². The third kappa shape index (κ3) is 4.33. The number of hydrogen-bond donors (Lipinski definition) is 2. The molecule has 0 aliphatic rings. The van der Waals surface area contributed by atoms with Gasteiger partial charge in [-0.3, -0.25) is 4.79 Å². The molecule has 0 saturated heterocycles. The maximum Gasteiger partial charge on any atom is 0.423 e. The quantitative estimate of drug-likeness (QED) is 0.752. The van der Waals surface area contributed by atoms with Crippen LogP contribution in [0.15, 0.2) is 0 Å². The minimum atomic E-state index is -5.66. The Kier molecular flexibility index (Phi) is 5.00. The predicted molar refractivity (Wildman–Crippen MR) is 47.0 cm³/mol. The summed E-state index contributed by atoms with van der Waals surface area (Å²) in [7, 11) is 1.08. The lowest BCUT2D eigenvalue weighted by atomic mass is 10.1. The molecule has 108 valence electrons. The Balaban J connectivity index is 4.89. The maximum atomic E-state index is 12.1. The lowest BCUT2D eigenvalue weighted by Crippen LogP contribution is -2.54. The van der Waals surface area contributed by atoms with E-state index in [1.54, 1.807) is 0 Å². The van der Waals surface area contributed by atoms with Gasteiger partial charge in [-0.2, -0.15) is 26.3 Å². The molecule has 0 heterocycles. The lowest BCUT2D eigenvalue weighted by molar-refractivity contribution is -0.324. The van der Waals surface area contributed by atoms with Crippen LogP contribution in [0.25, 0.3) is 0 Å². The summed E-state index contributed by atoms with van der Waals surface area (Å²) in [5, 5.41) is 10.7. The zero-order valence-corrected chi connectivity index (χ0v) is 9.32. The lowest BCUT2D eigenvalue weighted by Gasteiger charge is -2.29. The Morgan fingerprint density at radius 3 is 1.83 bits per heavy atom. The van der Waals surface area contributed by atoms with Crippen LogP contribution in [-0.4, -0.2) is 48.7 Å². The van der Waals surface area contributed by atoms with Crippen molar-refractivity contribution in [2.75, 3.05) is 13.7 Å². The molecule has 4 nitrogen and oxygen atoms in total. The summed E-state index contributed by atoms with van der Waals surface area (Å²) < 4.78 is 76.2. The maximum absolute atomic E-state index is 12.1. The second-order valence-corrected chi connectivity index (χ2v) is 3.66. The monoisotopic (exact) mass is 283 g/mol. The van der Waals surface area contributed by atoms with E-state index in [0.717, 1.165) is 14.0 Å². The van der Waals surface area contributed by atoms with E-state index >= 15 is 0 Å². The van der Waals surface area contributed by atoms with Crippen molar-refractivity contribution < 1.29 is 41.0 Å². The average Bonchev–Trinajstić information content (AvgIpc) is 2.12. The molecule has 18 heavy (non-hydrogen) atoms. The van der Waals surface area contributed by atoms with Gasteiger partial charge in [0.05, 0.1) is 6.61 Å². The number of alkyl halides is 6. The number of halogens is 6. The van der Waals surface area contributed by atoms with Gasteiger partial charge >= 0.3 is 18.3 Å². The topological polar surface area (TPSA) is 58.6 Å². The number of aliphatic carboxylic acids is 1. The number of nitrogens with one attached hydrogen (secondary N) is 1. The Morgan fingerprint density at radius 1 is 1.22 bits per heavy atom. The SMILES string of the molecule is CNC(C)(COC(C(F)(F)F)C(F)(F)F)C(=O)O. The van der Waals surface area contributed by atoms with Gasteiger partial charge in [-0.25, -0.2) is 0 Å². The molecule has 0 amide bonds. The summed E-state index contributed by atoms with van der Waals surface area (Å²) in [6, 6.07) is 0. The second-order valence-electron chi connectivity index (χ2n) is 3.66. The van der Waals surface area contributed by atoms with Gasteiger partial charge in [-0.1, -0.05) is 0 Å². The Bertz CT molecular complexity index is 288. The van der Waals surface area contributed by atoms with E-state index in [1.165, 1.54) is 0 Å². The van der Waals surface area contributed by atoms with Gasteiger partial charge in [-0.05, 0) is 14.0 Å². The molecule has 0 aromatic carbocycles. The van der Waals surface area contributed by atoms with Crippen molar-refractivity contribution in [3.8, 4) is 0 Å². The molecule has 0 rings (SSSR count). The Hall–Kier alpha value is -1.03. The van der Waals surface area contributed by atoms with Crippen LogP contribution in [-0.2, 0) is 9.53 Å². The van der Waals surface area contributed by atoms with Gasteiger partial charge in [0.25, 0.3) is 0 Å². The summed E-state index contributed by atoms with van der Waals surface area (Å²) in [5.74, 6) is -1.63. The van der Waals surface area contributed by atoms with Crippen LogP contribution in [0.2, 0.25) is 0 Å². The van der Waals surface area contributed by atoms with Crippen molar-refractivity contribution in [1.82, 2.24) is 5.32 Å². The van der Waals surface area contributed by atoms with E-state index in [9.17, 15) is 31.1 Å². The van der Waals surface area contributed by atoms with Crippen molar-refractivity contribution >= 4 is 5.97 Å². The smallest absolute Gasteiger partial charge is 0.423 e. The fourth-order valence-electron chi connectivity index (χ4n) is 0.865. The van der Waals surface area contributed by atoms with E-state index in [1.807, 2.05) is 0 Å². The van der Waals surface area contributed by atoms with Crippen LogP contribution in [0.5, 0.6) is 0 Å². The fraction of sp³-hybridized carbons (Fsp3) is 0.875. The van der Waals surface area contributed by atoms with E-state index in [2.05, 4.69) is 10.1 Å². The standard InChI is InChI=1S/C8H11F6NO3/c1-6(15-2,5(16)17)3-18-4(7(9,10)11)8(12,13)14/h4,15H,3H2,1-2H3,(H,16,17). The van der Waals surface area contributed by atoms with Crippen LogP contribution in [0.4, 0.5) is 26.3 Å². The minimum Gasteiger partial charge on any atom is -0.480 e. The van der Waals surface area contributed by atoms with Crippen LogP contribution in [0, 0.1) is 0 Å². The molecule has 2 N–H and O–H groups in total. The van der Waals surface area contributed by atoms with Gasteiger partial charge in [0.1, 0.15) is 5.54 Å². The van der Waals surface area contributed by atoms with Crippen LogP contribution < -0.4 is 5.32 Å². The molecular formula is C8H11F6NO3. The van der Waals surface area contributed by atoms with Crippen molar-refractivity contribution in [2.45, 2.75) is 30.9 Å². The number of carboxylic acids is 1. The molecule has 0 aliphatic carbocycles. The number of likely N-dealkylation sites (N-methyl/N-ethyl adjacent to an activating group) is 1. The van der Waals surface area contributed by atoms with Crippen molar-refractivity contribution in [3.63, 3.8) is 0 Å². The molecule has 10 heteroatoms. The molecule has 1 unspecified atom stereocenters. The zero-order chi connectivity index (χ0) is 14.8. The summed E-state index contributed by atoms with van der Waals surface area (Å²) in [6.45, 7) is -0.387. The van der Waals surface area contributed by atoms with E-state index in [0.29, 0.717) is 0 Å². The van der Waals surface area contributed by atoms with Gasteiger partial charge in [0.2, 0.25) is 6.10 Å². The highest BCUT2D eigenvalue weighted by Gasteiger charge is 2.58. The van der Waals surface area contributed by atoms with Crippen LogP contribution >= 0.6 is 0 Å². The first-order valence-electron chi connectivity index (χ1n) is 4.52. The van der Waals surface area contributed by atoms with Crippen molar-refractivity contribution in [3.05, 3.63) is 0 Å². The van der Waals surface area contributed by atoms with Gasteiger partial charge in [-0.15, -0.1) is 0 Å². The summed E-state index contributed by atoms with van der Waals surface area (Å²) in [6.07, 6.45) is -15.3. The Labute approximate surface area is 97.9 Å². The average molecular weight is 283 g/mol. The first kappa shape index (κ1) is 17.0. The third-order valence-corrected chi connectivity index (χ3v) is 2.16.